The summed E-state index contributed by atoms with van der Waals surface area (Å²) in [5.74, 6) is 0.0243. The maximum absolute atomic E-state index is 12.3. The van der Waals surface area contributed by atoms with Gasteiger partial charge in [-0.1, -0.05) is 36.0 Å². The van der Waals surface area contributed by atoms with Crippen molar-refractivity contribution in [3.63, 3.8) is 0 Å². The van der Waals surface area contributed by atoms with Crippen LogP contribution in [0.25, 0.3) is 22.0 Å². The summed E-state index contributed by atoms with van der Waals surface area (Å²) in [6, 6.07) is 12.6. The van der Waals surface area contributed by atoms with Crippen molar-refractivity contribution in [3.05, 3.63) is 89.7 Å². The number of aryl methyl sites for hydroxylation is 2. The molecule has 0 aliphatic heterocycles. The number of hydrogen-bond donors (Lipinski definition) is 1. The van der Waals surface area contributed by atoms with Crippen LogP contribution in [0.5, 0.6) is 0 Å². The summed E-state index contributed by atoms with van der Waals surface area (Å²) in [6.07, 6.45) is 9.99. The molecule has 0 bridgehead atoms. The molecule has 190 valence electrons. The van der Waals surface area contributed by atoms with Gasteiger partial charge in [0, 0.05) is 29.6 Å². The lowest BCUT2D eigenvalue weighted by molar-refractivity contribution is -0.104. The number of allylic oxidation sites excluding steroid dienone is 5. The van der Waals surface area contributed by atoms with Crippen molar-refractivity contribution in [3.8, 4) is 11.1 Å². The number of nitrogens with zero attached hydrogens (tertiary/aromatic N) is 3. The van der Waals surface area contributed by atoms with Gasteiger partial charge < -0.3 is 14.9 Å². The first-order valence-corrected chi connectivity index (χ1v) is 11.7. The molecule has 8 heteroatoms. The molecule has 3 aromatic rings. The molecule has 1 N–H and O–H groups in total. The maximum Gasteiger partial charge on any atom is 0.251 e. The predicted molar refractivity (Wildman–Crippen MR) is 145 cm³/mol. The fourth-order valence-corrected chi connectivity index (χ4v) is 3.81. The van der Waals surface area contributed by atoms with Gasteiger partial charge in [0.2, 0.25) is 0 Å². The molecule has 1 heterocycles. The highest BCUT2D eigenvalue weighted by Crippen LogP contribution is 2.28. The highest BCUT2D eigenvalue weighted by Gasteiger charge is 2.24. The minimum atomic E-state index is 0.0243. The van der Waals surface area contributed by atoms with Gasteiger partial charge in [0.15, 0.2) is 6.29 Å². The second kappa shape index (κ2) is 12.4. The molecular weight excluding hydrogens is 468 g/mol. The molecule has 1 amide bonds. The monoisotopic (exact) mass is 498 g/mol. The summed E-state index contributed by atoms with van der Waals surface area (Å²) in [6.45, 7) is 7.79. The number of hydrogen-bond acceptors (Lipinski definition) is 6. The van der Waals surface area contributed by atoms with Gasteiger partial charge in [0.25, 0.3) is 5.91 Å². The molecule has 2 aliphatic rings. The fourth-order valence-electron chi connectivity index (χ4n) is 3.81. The summed E-state index contributed by atoms with van der Waals surface area (Å²) in [7, 11) is 3.37. The average molecular weight is 499 g/mol. The lowest BCUT2D eigenvalue weighted by Gasteiger charge is -2.10. The quantitative estimate of drug-likeness (QED) is 0.412. The summed E-state index contributed by atoms with van der Waals surface area (Å²) < 4.78 is 1.87. The van der Waals surface area contributed by atoms with E-state index in [1.807, 2.05) is 42.9 Å². The molecule has 1 aromatic heterocycles. The number of carbonyl (C=O) groups excluding carboxylic acids is 3. The first-order valence-electron chi connectivity index (χ1n) is 11.7. The Balaban J connectivity index is 0.000000231. The Morgan fingerprint density at radius 2 is 1.97 bits per heavy atom. The minimum absolute atomic E-state index is 0.0243. The molecule has 0 saturated heterocycles. The van der Waals surface area contributed by atoms with E-state index in [0.717, 1.165) is 52.3 Å². The van der Waals surface area contributed by atoms with E-state index in [1.165, 1.54) is 7.11 Å². The van der Waals surface area contributed by atoms with Crippen molar-refractivity contribution in [1.29, 1.82) is 0 Å². The average Bonchev–Trinajstić information content (AvgIpc) is 3.66. The van der Waals surface area contributed by atoms with Gasteiger partial charge in [-0.2, -0.15) is 5.10 Å². The summed E-state index contributed by atoms with van der Waals surface area (Å²) in [4.78, 5) is 35.4. The van der Waals surface area contributed by atoms with Crippen LogP contribution < -0.4 is 5.32 Å². The van der Waals surface area contributed by atoms with Gasteiger partial charge in [-0.3, -0.25) is 14.3 Å². The van der Waals surface area contributed by atoms with Crippen LogP contribution >= 0.6 is 0 Å². The van der Waals surface area contributed by atoms with Gasteiger partial charge in [-0.15, -0.1) is 0 Å². The Morgan fingerprint density at radius 3 is 2.65 bits per heavy atom. The van der Waals surface area contributed by atoms with Gasteiger partial charge in [0.1, 0.15) is 19.6 Å². The van der Waals surface area contributed by atoms with Crippen LogP contribution in [0.4, 0.5) is 0 Å². The van der Waals surface area contributed by atoms with E-state index >= 15 is 0 Å². The Bertz CT molecular complexity index is 1410. The first kappa shape index (κ1) is 27.0. The van der Waals surface area contributed by atoms with E-state index in [2.05, 4.69) is 52.1 Å². The molecule has 5 rings (SSSR count). The number of oxime groups is 1. The number of fused-ring (bicyclic) bond motifs is 1. The van der Waals surface area contributed by atoms with Crippen LogP contribution in [0.1, 0.15) is 28.8 Å². The Kier molecular flexibility index (Phi) is 9.05. The number of aldehydes is 1. The first-order chi connectivity index (χ1) is 17.9. The number of rotatable bonds is 5. The van der Waals surface area contributed by atoms with E-state index in [1.54, 1.807) is 18.2 Å². The highest BCUT2D eigenvalue weighted by molar-refractivity contribution is 6.24. The molecule has 0 unspecified atom stereocenters. The van der Waals surface area contributed by atoms with Gasteiger partial charge >= 0.3 is 0 Å². The second-order valence-electron chi connectivity index (χ2n) is 8.57. The molecule has 37 heavy (non-hydrogen) atoms. The van der Waals surface area contributed by atoms with E-state index in [4.69, 9.17) is 4.79 Å². The van der Waals surface area contributed by atoms with Crippen LogP contribution in [-0.4, -0.2) is 47.6 Å². The third-order valence-electron chi connectivity index (χ3n) is 5.93. The summed E-state index contributed by atoms with van der Waals surface area (Å²) in [5.41, 5.74) is 6.87. The molecule has 0 radical (unpaired) electrons. The van der Waals surface area contributed by atoms with Crippen molar-refractivity contribution < 1.29 is 19.2 Å². The normalized spacial score (nSPS) is 15.2. The van der Waals surface area contributed by atoms with Crippen LogP contribution in [0, 0.1) is 6.92 Å². The fraction of sp³-hybridized carbons (Fsp3) is 0.207. The number of aromatic nitrogens is 2. The smallest absolute Gasteiger partial charge is 0.251 e. The van der Waals surface area contributed by atoms with E-state index in [0.29, 0.717) is 22.9 Å². The Labute approximate surface area is 216 Å². The molecule has 1 saturated carbocycles. The molecule has 1 fully saturated rings. The molecule has 8 nitrogen and oxygen atoms in total. The predicted octanol–water partition coefficient (Wildman–Crippen LogP) is 4.50. The largest absolute Gasteiger partial charge is 0.399 e. The van der Waals surface area contributed by atoms with Crippen molar-refractivity contribution in [2.75, 3.05) is 7.11 Å². The number of amides is 1. The third kappa shape index (κ3) is 6.55. The molecular formula is C29H30N4O4. The topological polar surface area (TPSA) is 103 Å². The highest BCUT2D eigenvalue weighted by atomic mass is 16.6. The van der Waals surface area contributed by atoms with Crippen molar-refractivity contribution in [1.82, 2.24) is 15.1 Å². The molecule has 2 aromatic carbocycles. The third-order valence-corrected chi connectivity index (χ3v) is 5.93. The lowest BCUT2D eigenvalue weighted by Crippen LogP contribution is -2.25. The van der Waals surface area contributed by atoms with E-state index < -0.39 is 0 Å². The Hall–Kier alpha value is -4.59. The van der Waals surface area contributed by atoms with Crippen LogP contribution in [0.15, 0.2) is 83.7 Å². The standard InChI is InChI=1S/C19H19N3O.C9H9NO2.CH2O/c1-12-3-4-14(19(23)21-16-6-7-16)10-17(12)13-5-8-18-15(9-13)11-20-22(18)2;1-7-4-3-5-8(6-11)9(7)10-12-2;1-2/h3-5,8-11,16H,6-7H2,1-2H3,(H,21,23);3-6H,1H2,2H3;1H2/b;10-9+;. The minimum Gasteiger partial charge on any atom is -0.399 e. The zero-order valence-corrected chi connectivity index (χ0v) is 21.2. The van der Waals surface area contributed by atoms with Crippen LogP contribution in [0.3, 0.4) is 0 Å². The van der Waals surface area contributed by atoms with E-state index in [-0.39, 0.29) is 5.91 Å². The number of carbonyl (C=O) groups is 3. The number of nitrogens with one attached hydrogen (secondary N) is 1. The zero-order chi connectivity index (χ0) is 26.9. The molecule has 2 aliphatic carbocycles. The van der Waals surface area contributed by atoms with Crippen LogP contribution in [0.2, 0.25) is 0 Å². The zero-order valence-electron chi connectivity index (χ0n) is 21.2. The number of benzene rings is 2. The molecule has 0 atom stereocenters. The summed E-state index contributed by atoms with van der Waals surface area (Å²) >= 11 is 0. The van der Waals surface area contributed by atoms with Crippen molar-refractivity contribution in [2.24, 2.45) is 12.2 Å². The summed E-state index contributed by atoms with van der Waals surface area (Å²) in [5, 5.41) is 12.1. The van der Waals surface area contributed by atoms with E-state index in [9.17, 15) is 9.59 Å². The maximum atomic E-state index is 12.3. The van der Waals surface area contributed by atoms with Crippen molar-refractivity contribution >= 4 is 35.6 Å². The lowest BCUT2D eigenvalue weighted by atomic mass is 9.97. The Morgan fingerprint density at radius 1 is 1.22 bits per heavy atom. The van der Waals surface area contributed by atoms with Gasteiger partial charge in [0.05, 0.1) is 11.7 Å². The SMILES string of the molecule is C=C1C=CC=C(C=O)/C1=N/OC.C=O.Cc1ccc(C(=O)NC2CC2)cc1-c1ccc2c(cnn2C)c1. The van der Waals surface area contributed by atoms with Crippen molar-refractivity contribution in [2.45, 2.75) is 25.8 Å². The van der Waals surface area contributed by atoms with Gasteiger partial charge in [-0.25, -0.2) is 0 Å². The van der Waals surface area contributed by atoms with Crippen LogP contribution in [-0.2, 0) is 21.5 Å². The molecule has 0 spiro atoms. The second-order valence-corrected chi connectivity index (χ2v) is 8.57. The van der Waals surface area contributed by atoms with Gasteiger partial charge in [-0.05, 0) is 72.4 Å².